The first kappa shape index (κ1) is 12.5. The molecule has 1 aromatic rings. The molecule has 0 spiro atoms. The minimum atomic E-state index is -0.148. The largest absolute Gasteiger partial charge is 0.469 e. The standard InChI is InChI=1S/C11H14IN3O2/c1-7-5-15(6-9(7)10(16)17-2)11-13-3-8(12)4-14-11/h3-4,7,9H,5-6H2,1-2H3. The Morgan fingerprint density at radius 3 is 2.71 bits per heavy atom. The van der Waals surface area contributed by atoms with Crippen molar-refractivity contribution in [2.45, 2.75) is 6.92 Å². The van der Waals surface area contributed by atoms with Gasteiger partial charge in [0.15, 0.2) is 0 Å². The van der Waals surface area contributed by atoms with Gasteiger partial charge in [0, 0.05) is 29.1 Å². The fourth-order valence-electron chi connectivity index (χ4n) is 2.06. The number of hydrogen-bond acceptors (Lipinski definition) is 5. The van der Waals surface area contributed by atoms with Crippen LogP contribution < -0.4 is 4.90 Å². The highest BCUT2D eigenvalue weighted by Gasteiger charge is 2.36. The van der Waals surface area contributed by atoms with Gasteiger partial charge in [0.1, 0.15) is 0 Å². The molecule has 0 radical (unpaired) electrons. The SMILES string of the molecule is COC(=O)C1CN(c2ncc(I)cn2)CC1C. The summed E-state index contributed by atoms with van der Waals surface area (Å²) in [5.41, 5.74) is 0. The molecule has 0 amide bonds. The molecule has 1 aliphatic heterocycles. The molecule has 2 heterocycles. The van der Waals surface area contributed by atoms with Gasteiger partial charge in [0.2, 0.25) is 5.95 Å². The van der Waals surface area contributed by atoms with Gasteiger partial charge in [-0.15, -0.1) is 0 Å². The van der Waals surface area contributed by atoms with Crippen LogP contribution in [0.4, 0.5) is 5.95 Å². The van der Waals surface area contributed by atoms with E-state index in [1.807, 2.05) is 11.8 Å². The third-order valence-electron chi connectivity index (χ3n) is 3.01. The summed E-state index contributed by atoms with van der Waals surface area (Å²) in [6, 6.07) is 0. The van der Waals surface area contributed by atoms with Crippen molar-refractivity contribution in [2.75, 3.05) is 25.1 Å². The molecule has 5 nitrogen and oxygen atoms in total. The maximum Gasteiger partial charge on any atom is 0.310 e. The number of rotatable bonds is 2. The van der Waals surface area contributed by atoms with Gasteiger partial charge in [-0.25, -0.2) is 9.97 Å². The van der Waals surface area contributed by atoms with Gasteiger partial charge in [-0.2, -0.15) is 0 Å². The van der Waals surface area contributed by atoms with E-state index >= 15 is 0 Å². The summed E-state index contributed by atoms with van der Waals surface area (Å²) in [5.74, 6) is 0.724. The van der Waals surface area contributed by atoms with Crippen molar-refractivity contribution >= 4 is 34.5 Å². The van der Waals surface area contributed by atoms with Crippen LogP contribution >= 0.6 is 22.6 Å². The molecule has 1 saturated heterocycles. The predicted molar refractivity (Wildman–Crippen MR) is 71.6 cm³/mol. The lowest BCUT2D eigenvalue weighted by Crippen LogP contribution is -2.25. The molecule has 1 fully saturated rings. The van der Waals surface area contributed by atoms with E-state index in [4.69, 9.17) is 4.74 Å². The molecule has 0 aromatic carbocycles. The summed E-state index contributed by atoms with van der Waals surface area (Å²) in [4.78, 5) is 22.1. The van der Waals surface area contributed by atoms with E-state index in [2.05, 4.69) is 32.6 Å². The molecule has 1 aliphatic rings. The zero-order chi connectivity index (χ0) is 12.4. The monoisotopic (exact) mass is 347 g/mol. The van der Waals surface area contributed by atoms with Crippen molar-refractivity contribution in [1.29, 1.82) is 0 Å². The fraction of sp³-hybridized carbons (Fsp3) is 0.545. The Hall–Kier alpha value is -0.920. The fourth-order valence-corrected chi connectivity index (χ4v) is 2.34. The summed E-state index contributed by atoms with van der Waals surface area (Å²) in [7, 11) is 1.43. The van der Waals surface area contributed by atoms with Crippen LogP contribution in [0.5, 0.6) is 0 Å². The molecule has 1 aromatic heterocycles. The number of carbonyl (C=O) groups is 1. The highest BCUT2D eigenvalue weighted by atomic mass is 127. The lowest BCUT2D eigenvalue weighted by atomic mass is 9.99. The zero-order valence-corrected chi connectivity index (χ0v) is 11.9. The van der Waals surface area contributed by atoms with E-state index in [0.717, 1.165) is 10.1 Å². The lowest BCUT2D eigenvalue weighted by Gasteiger charge is -2.15. The van der Waals surface area contributed by atoms with Crippen LogP contribution in [0.3, 0.4) is 0 Å². The second-order valence-electron chi connectivity index (χ2n) is 4.21. The quantitative estimate of drug-likeness (QED) is 0.597. The summed E-state index contributed by atoms with van der Waals surface area (Å²) < 4.78 is 5.80. The van der Waals surface area contributed by atoms with Crippen LogP contribution in [0.1, 0.15) is 6.92 Å². The first-order chi connectivity index (χ1) is 8.11. The Bertz CT molecular complexity index is 410. The number of halogens is 1. The Balaban J connectivity index is 2.10. The summed E-state index contributed by atoms with van der Waals surface area (Å²) >= 11 is 2.17. The van der Waals surface area contributed by atoms with E-state index in [1.54, 1.807) is 12.4 Å². The van der Waals surface area contributed by atoms with Gasteiger partial charge in [0.05, 0.1) is 13.0 Å². The van der Waals surface area contributed by atoms with Gasteiger partial charge in [0.25, 0.3) is 0 Å². The third-order valence-corrected chi connectivity index (χ3v) is 3.56. The van der Waals surface area contributed by atoms with Crippen molar-refractivity contribution in [2.24, 2.45) is 11.8 Å². The van der Waals surface area contributed by atoms with Gasteiger partial charge < -0.3 is 9.64 Å². The van der Waals surface area contributed by atoms with Gasteiger partial charge in [-0.1, -0.05) is 6.92 Å². The maximum absolute atomic E-state index is 11.6. The van der Waals surface area contributed by atoms with Crippen molar-refractivity contribution < 1.29 is 9.53 Å². The molecule has 0 aliphatic carbocycles. The third kappa shape index (κ3) is 2.67. The minimum Gasteiger partial charge on any atom is -0.469 e. The smallest absolute Gasteiger partial charge is 0.310 e. The van der Waals surface area contributed by atoms with Gasteiger partial charge in [-0.3, -0.25) is 4.79 Å². The highest BCUT2D eigenvalue weighted by molar-refractivity contribution is 14.1. The van der Waals surface area contributed by atoms with Crippen LogP contribution in [0.15, 0.2) is 12.4 Å². The molecule has 92 valence electrons. The van der Waals surface area contributed by atoms with Gasteiger partial charge in [-0.05, 0) is 28.5 Å². The Kier molecular flexibility index (Phi) is 3.80. The number of anilines is 1. The average Bonchev–Trinajstić information content (AvgIpc) is 2.71. The molecule has 2 rings (SSSR count). The van der Waals surface area contributed by atoms with Crippen LogP contribution in [0.25, 0.3) is 0 Å². The zero-order valence-electron chi connectivity index (χ0n) is 9.76. The second kappa shape index (κ2) is 5.16. The number of esters is 1. The van der Waals surface area contributed by atoms with E-state index in [9.17, 15) is 4.79 Å². The lowest BCUT2D eigenvalue weighted by molar-refractivity contribution is -0.145. The first-order valence-electron chi connectivity index (χ1n) is 5.42. The van der Waals surface area contributed by atoms with E-state index in [-0.39, 0.29) is 17.8 Å². The topological polar surface area (TPSA) is 55.3 Å². The van der Waals surface area contributed by atoms with Crippen LogP contribution in [-0.2, 0) is 9.53 Å². The first-order valence-corrected chi connectivity index (χ1v) is 6.50. The normalized spacial score (nSPS) is 23.8. The van der Waals surface area contributed by atoms with Crippen molar-refractivity contribution in [3.63, 3.8) is 0 Å². The molecule has 17 heavy (non-hydrogen) atoms. The van der Waals surface area contributed by atoms with Crippen LogP contribution in [0, 0.1) is 15.4 Å². The number of aromatic nitrogens is 2. The molecule has 6 heteroatoms. The number of methoxy groups -OCH3 is 1. The highest BCUT2D eigenvalue weighted by Crippen LogP contribution is 2.26. The molecule has 0 bridgehead atoms. The number of hydrogen-bond donors (Lipinski definition) is 0. The molecule has 2 atom stereocenters. The number of ether oxygens (including phenoxy) is 1. The van der Waals surface area contributed by atoms with Crippen molar-refractivity contribution in [3.8, 4) is 0 Å². The Morgan fingerprint density at radius 2 is 2.12 bits per heavy atom. The van der Waals surface area contributed by atoms with E-state index in [0.29, 0.717) is 12.5 Å². The molecule has 2 unspecified atom stereocenters. The second-order valence-corrected chi connectivity index (χ2v) is 5.46. The summed E-state index contributed by atoms with van der Waals surface area (Å²) in [6.07, 6.45) is 3.55. The van der Waals surface area contributed by atoms with E-state index < -0.39 is 0 Å². The summed E-state index contributed by atoms with van der Waals surface area (Å²) in [6.45, 7) is 3.48. The molecular weight excluding hydrogens is 333 g/mol. The Labute approximate surface area is 114 Å². The average molecular weight is 347 g/mol. The molecule has 0 saturated carbocycles. The number of carbonyl (C=O) groups excluding carboxylic acids is 1. The van der Waals surface area contributed by atoms with Gasteiger partial charge >= 0.3 is 5.97 Å². The molecule has 0 N–H and O–H groups in total. The number of nitrogens with zero attached hydrogens (tertiary/aromatic N) is 3. The maximum atomic E-state index is 11.6. The summed E-state index contributed by atoms with van der Waals surface area (Å²) in [5, 5.41) is 0. The molecular formula is C11H14IN3O2. The predicted octanol–water partition coefficient (Wildman–Crippen LogP) is 1.33. The van der Waals surface area contributed by atoms with E-state index in [1.165, 1.54) is 7.11 Å². The Morgan fingerprint density at radius 1 is 1.47 bits per heavy atom. The van der Waals surface area contributed by atoms with Crippen molar-refractivity contribution in [3.05, 3.63) is 16.0 Å². The van der Waals surface area contributed by atoms with Crippen LogP contribution in [-0.4, -0.2) is 36.1 Å². The van der Waals surface area contributed by atoms with Crippen molar-refractivity contribution in [1.82, 2.24) is 9.97 Å². The van der Waals surface area contributed by atoms with Crippen LogP contribution in [0.2, 0.25) is 0 Å². The minimum absolute atomic E-state index is 0.0807.